The highest BCUT2D eigenvalue weighted by atomic mass is 16.6. The van der Waals surface area contributed by atoms with Crippen molar-refractivity contribution in [2.24, 2.45) is 5.73 Å². The van der Waals surface area contributed by atoms with Crippen molar-refractivity contribution in [2.75, 3.05) is 20.8 Å². The van der Waals surface area contributed by atoms with Gasteiger partial charge in [0.25, 0.3) is 11.4 Å². The molecule has 1 amide bonds. The molecule has 6 rings (SSSR count). The van der Waals surface area contributed by atoms with E-state index in [9.17, 15) is 29.8 Å². The zero-order valence-corrected chi connectivity index (χ0v) is 34.6. The summed E-state index contributed by atoms with van der Waals surface area (Å²) in [6, 6.07) is 24.5. The molecule has 0 spiro atoms. The topological polar surface area (TPSA) is 210 Å². The Morgan fingerprint density at radius 2 is 1.10 bits per heavy atom. The molecule has 0 saturated heterocycles. The van der Waals surface area contributed by atoms with Gasteiger partial charge >= 0.3 is 5.97 Å². The van der Waals surface area contributed by atoms with Crippen molar-refractivity contribution in [1.29, 1.82) is 0 Å². The molecule has 0 radical (unpaired) electrons. The third kappa shape index (κ3) is 10.4. The van der Waals surface area contributed by atoms with Crippen molar-refractivity contribution in [3.05, 3.63) is 150 Å². The van der Waals surface area contributed by atoms with E-state index in [1.165, 1.54) is 24.3 Å². The normalized spacial score (nSPS) is 10.7. The van der Waals surface area contributed by atoms with Crippen LogP contribution in [0.3, 0.4) is 0 Å². The Kier molecular flexibility index (Phi) is 14.1. The summed E-state index contributed by atoms with van der Waals surface area (Å²) in [5.74, 6) is 0.499. The molecule has 0 saturated carbocycles. The van der Waals surface area contributed by atoms with Crippen molar-refractivity contribution in [3.63, 3.8) is 0 Å². The summed E-state index contributed by atoms with van der Waals surface area (Å²) in [6.07, 6.45) is 1.20. The molecule has 0 aliphatic heterocycles. The van der Waals surface area contributed by atoms with Crippen molar-refractivity contribution < 1.29 is 33.6 Å². The van der Waals surface area contributed by atoms with Gasteiger partial charge in [-0.3, -0.25) is 39.2 Å². The van der Waals surface area contributed by atoms with Gasteiger partial charge in [-0.25, -0.2) is 0 Å². The van der Waals surface area contributed by atoms with Gasteiger partial charge in [-0.2, -0.15) is 10.2 Å². The van der Waals surface area contributed by atoms with Crippen LogP contribution in [0.15, 0.2) is 84.9 Å². The second kappa shape index (κ2) is 19.4. The number of nitro benzene ring substituents is 2. The van der Waals surface area contributed by atoms with Crippen LogP contribution >= 0.6 is 0 Å². The van der Waals surface area contributed by atoms with Gasteiger partial charge in [0.15, 0.2) is 0 Å². The Bertz CT molecular complexity index is 2560. The third-order valence-electron chi connectivity index (χ3n) is 9.98. The summed E-state index contributed by atoms with van der Waals surface area (Å²) in [4.78, 5) is 44.6. The smallest absolute Gasteiger partial charge is 0.327 e. The molecule has 4 aromatic carbocycles. The van der Waals surface area contributed by atoms with E-state index in [0.717, 1.165) is 56.2 Å². The zero-order chi connectivity index (χ0) is 43.7. The van der Waals surface area contributed by atoms with E-state index in [-0.39, 0.29) is 30.4 Å². The molecular formula is C44H47N7O9. The number of aryl methyl sites for hydroxylation is 2. The Labute approximate surface area is 346 Å². The molecule has 0 bridgehead atoms. The molecule has 6 aromatic rings. The quantitative estimate of drug-likeness (QED) is 0.0613. The Morgan fingerprint density at radius 1 is 0.667 bits per heavy atom. The van der Waals surface area contributed by atoms with Crippen molar-refractivity contribution in [1.82, 2.24) is 19.6 Å². The molecule has 16 nitrogen and oxygen atoms in total. The monoisotopic (exact) mass is 817 g/mol. The van der Waals surface area contributed by atoms with Crippen LogP contribution in [-0.4, -0.2) is 62.1 Å². The summed E-state index contributed by atoms with van der Waals surface area (Å²) in [5, 5.41) is 31.2. The van der Waals surface area contributed by atoms with E-state index in [0.29, 0.717) is 42.1 Å². The predicted octanol–water partition coefficient (Wildman–Crippen LogP) is 7.40. The van der Waals surface area contributed by atoms with E-state index in [1.54, 1.807) is 42.6 Å². The molecule has 2 N–H and O–H groups in total. The number of esters is 1. The molecule has 60 heavy (non-hydrogen) atoms. The highest BCUT2D eigenvalue weighted by molar-refractivity contribution is 5.75. The van der Waals surface area contributed by atoms with Gasteiger partial charge in [0.05, 0.1) is 42.1 Å². The van der Waals surface area contributed by atoms with E-state index in [1.807, 2.05) is 76.2 Å². The van der Waals surface area contributed by atoms with Gasteiger partial charge in [0, 0.05) is 70.7 Å². The molecule has 0 fully saturated rings. The highest BCUT2D eigenvalue weighted by Crippen LogP contribution is 2.35. The van der Waals surface area contributed by atoms with Gasteiger partial charge in [0.2, 0.25) is 5.91 Å². The molecule has 16 heteroatoms. The standard InChI is InChI=1S/C23H25N3O5.C21H22N4O4/c1-5-31-23(27)14-25-16(3)20(15(2)24-25)11-17-9-10-22(30-4)21(12-17)18-7-6-8-19(13-18)26(28)29;1-13-18(14(2)24(23-13)12-21(22)26)9-15-7-8-20(29-3)19(10-15)16-5-4-6-17(11-16)25(27)28/h6-10,12-13H,5,11,14H2,1-4H3;4-8,10-11H,9,12H2,1-3H3,(H2,22,26). The fraction of sp³-hybridized carbons (Fsp3) is 0.273. The first-order valence-corrected chi connectivity index (χ1v) is 19.0. The van der Waals surface area contributed by atoms with Crippen molar-refractivity contribution >= 4 is 23.3 Å². The minimum atomic E-state index is -0.445. The average molecular weight is 818 g/mol. The van der Waals surface area contributed by atoms with Crippen LogP contribution in [0.5, 0.6) is 11.5 Å². The van der Waals surface area contributed by atoms with E-state index in [2.05, 4.69) is 10.2 Å². The average Bonchev–Trinajstić information content (AvgIpc) is 3.64. The number of nitrogens with zero attached hydrogens (tertiary/aromatic N) is 6. The minimum Gasteiger partial charge on any atom is -0.496 e. The molecule has 0 atom stereocenters. The number of methoxy groups -OCH3 is 2. The van der Waals surface area contributed by atoms with Gasteiger partial charge in [-0.15, -0.1) is 0 Å². The maximum atomic E-state index is 11.8. The summed E-state index contributed by atoms with van der Waals surface area (Å²) in [6.45, 7) is 9.85. The van der Waals surface area contributed by atoms with E-state index >= 15 is 0 Å². The number of nitro groups is 2. The lowest BCUT2D eigenvalue weighted by molar-refractivity contribution is -0.385. The van der Waals surface area contributed by atoms with Gasteiger partial charge in [-0.1, -0.05) is 36.4 Å². The van der Waals surface area contributed by atoms with Crippen molar-refractivity contribution in [3.8, 4) is 33.8 Å². The molecule has 2 heterocycles. The van der Waals surface area contributed by atoms with E-state index < -0.39 is 15.8 Å². The highest BCUT2D eigenvalue weighted by Gasteiger charge is 2.19. The fourth-order valence-electron chi connectivity index (χ4n) is 6.93. The van der Waals surface area contributed by atoms with Crippen LogP contribution < -0.4 is 15.2 Å². The first-order valence-electron chi connectivity index (χ1n) is 19.0. The Hall–Kier alpha value is -7.36. The number of aromatic nitrogens is 4. The lowest BCUT2D eigenvalue weighted by atomic mass is 9.97. The SMILES string of the molecule is CCOC(=O)Cn1nc(C)c(Cc2ccc(OC)c(-c3cccc([N+](=O)[O-])c3)c2)c1C.COc1ccc(Cc2c(C)nn(CC(N)=O)c2C)cc1-c1cccc([N+](=O)[O-])c1. The number of primary amides is 1. The van der Waals surface area contributed by atoms with Crippen LogP contribution in [0, 0.1) is 47.9 Å². The molecule has 2 aromatic heterocycles. The van der Waals surface area contributed by atoms with Crippen LogP contribution in [0.2, 0.25) is 0 Å². The number of hydrogen-bond acceptors (Lipinski definition) is 11. The Balaban J connectivity index is 0.000000228. The molecular weight excluding hydrogens is 771 g/mol. The number of carbonyl (C=O) groups is 2. The predicted molar refractivity (Wildman–Crippen MR) is 225 cm³/mol. The van der Waals surface area contributed by atoms with Crippen LogP contribution in [0.1, 0.15) is 52.0 Å². The number of rotatable bonds is 15. The van der Waals surface area contributed by atoms with Crippen LogP contribution in [0.25, 0.3) is 22.3 Å². The number of amides is 1. The van der Waals surface area contributed by atoms with E-state index in [4.69, 9.17) is 19.9 Å². The molecule has 0 aliphatic carbocycles. The molecule has 0 unspecified atom stereocenters. The minimum absolute atomic E-state index is 0.0226. The number of benzene rings is 4. The van der Waals surface area contributed by atoms with Crippen molar-refractivity contribution in [2.45, 2.75) is 60.5 Å². The van der Waals surface area contributed by atoms with Gasteiger partial charge in [0.1, 0.15) is 24.6 Å². The lowest BCUT2D eigenvalue weighted by Gasteiger charge is -2.12. The largest absolute Gasteiger partial charge is 0.496 e. The second-order valence-corrected chi connectivity index (χ2v) is 13.9. The summed E-state index contributed by atoms with van der Waals surface area (Å²) in [7, 11) is 3.14. The second-order valence-electron chi connectivity index (χ2n) is 13.9. The maximum Gasteiger partial charge on any atom is 0.327 e. The third-order valence-corrected chi connectivity index (χ3v) is 9.98. The summed E-state index contributed by atoms with van der Waals surface area (Å²) in [5.41, 5.74) is 15.8. The number of non-ortho nitro benzene ring substituents is 2. The summed E-state index contributed by atoms with van der Waals surface area (Å²) < 4.78 is 19.2. The number of ether oxygens (including phenoxy) is 3. The fourth-order valence-corrected chi connectivity index (χ4v) is 6.93. The maximum absolute atomic E-state index is 11.8. The number of nitrogens with two attached hydrogens (primary N) is 1. The summed E-state index contributed by atoms with van der Waals surface area (Å²) >= 11 is 0. The van der Waals surface area contributed by atoms with Crippen LogP contribution in [0.4, 0.5) is 11.4 Å². The number of carbonyl (C=O) groups excluding carboxylic acids is 2. The Morgan fingerprint density at radius 3 is 1.48 bits per heavy atom. The molecule has 312 valence electrons. The van der Waals surface area contributed by atoms with Gasteiger partial charge in [-0.05, 0) is 81.1 Å². The first kappa shape index (κ1) is 43.8. The number of hydrogen-bond donors (Lipinski definition) is 1. The van der Waals surface area contributed by atoms with Crippen LogP contribution in [-0.2, 0) is 40.3 Å². The van der Waals surface area contributed by atoms with Gasteiger partial charge < -0.3 is 19.9 Å². The zero-order valence-electron chi connectivity index (χ0n) is 34.6. The lowest BCUT2D eigenvalue weighted by Crippen LogP contribution is -2.20. The first-order chi connectivity index (χ1) is 28.6. The molecule has 0 aliphatic rings.